The summed E-state index contributed by atoms with van der Waals surface area (Å²) in [5.74, 6) is 2.45. The number of thioether (sulfide) groups is 1. The molecule has 0 saturated carbocycles. The first-order valence-corrected chi connectivity index (χ1v) is 7.26. The summed E-state index contributed by atoms with van der Waals surface area (Å²) in [6.45, 7) is 4.51. The molecular formula is C14H23NOS. The fourth-order valence-corrected chi connectivity index (χ4v) is 2.97. The lowest BCUT2D eigenvalue weighted by Crippen LogP contribution is -2.20. The van der Waals surface area contributed by atoms with E-state index in [1.165, 1.54) is 11.1 Å². The molecule has 96 valence electrons. The van der Waals surface area contributed by atoms with Gasteiger partial charge in [-0.1, -0.05) is 31.2 Å². The number of aliphatic hydroxyl groups is 1. The highest BCUT2D eigenvalue weighted by Gasteiger charge is 2.11. The molecule has 1 aromatic carbocycles. The maximum Gasteiger partial charge on any atom is 0.0464 e. The van der Waals surface area contributed by atoms with Gasteiger partial charge in [0.2, 0.25) is 0 Å². The Labute approximate surface area is 109 Å². The molecule has 3 heteroatoms. The van der Waals surface area contributed by atoms with Gasteiger partial charge >= 0.3 is 0 Å². The van der Waals surface area contributed by atoms with Gasteiger partial charge in [-0.2, -0.15) is 11.8 Å². The van der Waals surface area contributed by atoms with Gasteiger partial charge in [0, 0.05) is 18.4 Å². The van der Waals surface area contributed by atoms with Crippen LogP contribution < -0.4 is 5.32 Å². The van der Waals surface area contributed by atoms with E-state index in [-0.39, 0.29) is 6.61 Å². The number of hydrogen-bond donors (Lipinski definition) is 2. The molecule has 0 radical (unpaired) electrons. The molecule has 2 atom stereocenters. The van der Waals surface area contributed by atoms with Gasteiger partial charge in [0.15, 0.2) is 0 Å². The van der Waals surface area contributed by atoms with Crippen LogP contribution >= 0.6 is 11.8 Å². The summed E-state index contributed by atoms with van der Waals surface area (Å²) in [6.07, 6.45) is 0. The van der Waals surface area contributed by atoms with Crippen LogP contribution in [0.25, 0.3) is 0 Å². The zero-order valence-electron chi connectivity index (χ0n) is 10.9. The third-order valence-electron chi connectivity index (χ3n) is 2.91. The summed E-state index contributed by atoms with van der Waals surface area (Å²) in [5, 5.41) is 12.4. The Morgan fingerprint density at radius 3 is 2.59 bits per heavy atom. The van der Waals surface area contributed by atoms with Crippen molar-refractivity contribution < 1.29 is 5.11 Å². The highest BCUT2D eigenvalue weighted by Crippen LogP contribution is 2.22. The first-order chi connectivity index (χ1) is 8.19. The van der Waals surface area contributed by atoms with E-state index >= 15 is 0 Å². The molecule has 0 heterocycles. The van der Waals surface area contributed by atoms with E-state index in [4.69, 9.17) is 5.11 Å². The minimum Gasteiger partial charge on any atom is -0.396 e. The van der Waals surface area contributed by atoms with Crippen molar-refractivity contribution in [2.75, 3.05) is 25.2 Å². The van der Waals surface area contributed by atoms with E-state index in [0.717, 1.165) is 11.5 Å². The van der Waals surface area contributed by atoms with Gasteiger partial charge in [-0.15, -0.1) is 0 Å². The molecule has 2 N–H and O–H groups in total. The van der Waals surface area contributed by atoms with Crippen molar-refractivity contribution in [1.82, 2.24) is 5.32 Å². The molecule has 0 fully saturated rings. The van der Waals surface area contributed by atoms with Crippen LogP contribution in [0, 0.1) is 12.8 Å². The maximum absolute atomic E-state index is 8.99. The Bertz CT molecular complexity index is 330. The van der Waals surface area contributed by atoms with Crippen molar-refractivity contribution in [1.29, 1.82) is 0 Å². The highest BCUT2D eigenvalue weighted by atomic mass is 32.2. The minimum absolute atomic E-state index is 0.279. The number of nitrogens with one attached hydrogen (secondary N) is 1. The van der Waals surface area contributed by atoms with Crippen molar-refractivity contribution in [2.24, 2.45) is 5.92 Å². The molecule has 0 bridgehead atoms. The van der Waals surface area contributed by atoms with E-state index < -0.39 is 0 Å². The lowest BCUT2D eigenvalue weighted by Gasteiger charge is -2.19. The van der Waals surface area contributed by atoms with Crippen LogP contribution in [0.5, 0.6) is 0 Å². The van der Waals surface area contributed by atoms with Gasteiger partial charge in [-0.3, -0.25) is 0 Å². The first-order valence-electron chi connectivity index (χ1n) is 6.10. The smallest absolute Gasteiger partial charge is 0.0464 e. The molecule has 0 aliphatic heterocycles. The SMILES string of the molecule is CNC(CSCC(C)CO)c1ccccc1C. The second-order valence-corrected chi connectivity index (χ2v) is 5.60. The number of aliphatic hydroxyl groups excluding tert-OH is 1. The molecule has 0 aliphatic carbocycles. The van der Waals surface area contributed by atoms with E-state index in [0.29, 0.717) is 12.0 Å². The number of hydrogen-bond acceptors (Lipinski definition) is 3. The van der Waals surface area contributed by atoms with Crippen molar-refractivity contribution in [2.45, 2.75) is 19.9 Å². The summed E-state index contributed by atoms with van der Waals surface area (Å²) in [7, 11) is 2.01. The molecule has 1 aromatic rings. The van der Waals surface area contributed by atoms with E-state index in [9.17, 15) is 0 Å². The van der Waals surface area contributed by atoms with Gasteiger partial charge in [0.05, 0.1) is 0 Å². The zero-order chi connectivity index (χ0) is 12.7. The minimum atomic E-state index is 0.279. The van der Waals surface area contributed by atoms with Crippen molar-refractivity contribution in [3.63, 3.8) is 0 Å². The van der Waals surface area contributed by atoms with E-state index in [2.05, 4.69) is 43.4 Å². The summed E-state index contributed by atoms with van der Waals surface area (Å²) in [5.41, 5.74) is 2.71. The highest BCUT2D eigenvalue weighted by molar-refractivity contribution is 7.99. The van der Waals surface area contributed by atoms with Gasteiger partial charge in [0.25, 0.3) is 0 Å². The van der Waals surface area contributed by atoms with Crippen LogP contribution in [0.3, 0.4) is 0 Å². The number of aryl methyl sites for hydroxylation is 1. The summed E-state index contributed by atoms with van der Waals surface area (Å²) >= 11 is 1.90. The average molecular weight is 253 g/mol. The van der Waals surface area contributed by atoms with Crippen LogP contribution in [-0.2, 0) is 0 Å². The fourth-order valence-electron chi connectivity index (χ4n) is 1.75. The van der Waals surface area contributed by atoms with Crippen molar-refractivity contribution in [3.05, 3.63) is 35.4 Å². The summed E-state index contributed by atoms with van der Waals surface area (Å²) in [6, 6.07) is 8.90. The van der Waals surface area contributed by atoms with Crippen LogP contribution in [0.2, 0.25) is 0 Å². The number of rotatable bonds is 7. The predicted octanol–water partition coefficient (Wildman–Crippen LogP) is 2.62. The lowest BCUT2D eigenvalue weighted by atomic mass is 10.0. The lowest BCUT2D eigenvalue weighted by molar-refractivity contribution is 0.250. The van der Waals surface area contributed by atoms with E-state index in [1.807, 2.05) is 18.8 Å². The normalized spacial score (nSPS) is 14.6. The van der Waals surface area contributed by atoms with Crippen molar-refractivity contribution in [3.8, 4) is 0 Å². The topological polar surface area (TPSA) is 32.3 Å². The summed E-state index contributed by atoms with van der Waals surface area (Å²) < 4.78 is 0. The maximum atomic E-state index is 8.99. The molecule has 0 saturated heterocycles. The third kappa shape index (κ3) is 4.70. The molecular weight excluding hydrogens is 230 g/mol. The average Bonchev–Trinajstić information content (AvgIpc) is 2.35. The molecule has 0 spiro atoms. The van der Waals surface area contributed by atoms with Crippen LogP contribution in [0.1, 0.15) is 24.1 Å². The monoisotopic (exact) mass is 253 g/mol. The molecule has 17 heavy (non-hydrogen) atoms. The van der Waals surface area contributed by atoms with Gasteiger partial charge in [-0.05, 0) is 36.8 Å². The standard InChI is InChI=1S/C14H23NOS/c1-11(8-16)9-17-10-14(15-3)13-7-5-4-6-12(13)2/h4-7,11,14-16H,8-10H2,1-3H3. The Kier molecular flexibility index (Phi) is 6.63. The molecule has 2 unspecified atom stereocenters. The van der Waals surface area contributed by atoms with E-state index in [1.54, 1.807) is 0 Å². The first kappa shape index (κ1) is 14.6. The molecule has 0 aromatic heterocycles. The molecule has 2 nitrogen and oxygen atoms in total. The van der Waals surface area contributed by atoms with Crippen LogP contribution in [0.15, 0.2) is 24.3 Å². The van der Waals surface area contributed by atoms with Crippen LogP contribution in [0.4, 0.5) is 0 Å². The molecule has 0 aliphatic rings. The largest absolute Gasteiger partial charge is 0.396 e. The van der Waals surface area contributed by atoms with Gasteiger partial charge in [0.1, 0.15) is 0 Å². The van der Waals surface area contributed by atoms with Crippen LogP contribution in [-0.4, -0.2) is 30.3 Å². The predicted molar refractivity (Wildman–Crippen MR) is 76.6 cm³/mol. The van der Waals surface area contributed by atoms with Crippen molar-refractivity contribution >= 4 is 11.8 Å². The second kappa shape index (κ2) is 7.75. The Balaban J connectivity index is 2.52. The zero-order valence-corrected chi connectivity index (χ0v) is 11.8. The second-order valence-electron chi connectivity index (χ2n) is 4.52. The summed E-state index contributed by atoms with van der Waals surface area (Å²) in [4.78, 5) is 0. The quantitative estimate of drug-likeness (QED) is 0.783. The Hall–Kier alpha value is -0.510. The fraction of sp³-hybridized carbons (Fsp3) is 0.571. The van der Waals surface area contributed by atoms with Gasteiger partial charge in [-0.25, -0.2) is 0 Å². The molecule has 0 amide bonds. The Morgan fingerprint density at radius 2 is 2.00 bits per heavy atom. The third-order valence-corrected chi connectivity index (χ3v) is 4.28. The van der Waals surface area contributed by atoms with Gasteiger partial charge < -0.3 is 10.4 Å². The molecule has 1 rings (SSSR count). The Morgan fingerprint density at radius 1 is 1.29 bits per heavy atom. The number of benzene rings is 1.